The van der Waals surface area contributed by atoms with E-state index in [-0.39, 0.29) is 0 Å². The monoisotopic (exact) mass is 235 g/mol. The molecule has 0 unspecified atom stereocenters. The molecule has 0 saturated heterocycles. The molecule has 0 aliphatic heterocycles. The van der Waals surface area contributed by atoms with Gasteiger partial charge in [0.25, 0.3) is 0 Å². The molecule has 0 aromatic carbocycles. The van der Waals surface area contributed by atoms with Crippen LogP contribution in [0.15, 0.2) is 17.8 Å². The second-order valence-electron chi connectivity index (χ2n) is 3.85. The van der Waals surface area contributed by atoms with E-state index in [4.69, 9.17) is 0 Å². The molecule has 0 atom stereocenters. The number of thiophene rings is 1. The van der Waals surface area contributed by atoms with Crippen molar-refractivity contribution in [2.45, 2.75) is 32.6 Å². The fourth-order valence-corrected chi connectivity index (χ4v) is 2.42. The molecule has 1 N–H and O–H groups in total. The van der Waals surface area contributed by atoms with Gasteiger partial charge in [-0.05, 0) is 17.9 Å². The number of fused-ring (bicyclic) bond motifs is 1. The summed E-state index contributed by atoms with van der Waals surface area (Å²) in [5.74, 6) is 0.975. The first-order valence-electron chi connectivity index (χ1n) is 5.84. The van der Waals surface area contributed by atoms with E-state index in [1.165, 1.54) is 25.7 Å². The molecule has 0 amide bonds. The lowest BCUT2D eigenvalue weighted by atomic mass is 10.2. The Hall–Kier alpha value is -1.16. The maximum Gasteiger partial charge on any atom is 0.138 e. The third kappa shape index (κ3) is 2.70. The molecule has 0 fully saturated rings. The van der Waals surface area contributed by atoms with Crippen molar-refractivity contribution < 1.29 is 0 Å². The number of unbranched alkanes of at least 4 members (excludes halogenated alkanes) is 3. The van der Waals surface area contributed by atoms with Gasteiger partial charge in [-0.25, -0.2) is 9.97 Å². The maximum absolute atomic E-state index is 4.28. The quantitative estimate of drug-likeness (QED) is 0.776. The van der Waals surface area contributed by atoms with Gasteiger partial charge in [0, 0.05) is 6.54 Å². The smallest absolute Gasteiger partial charge is 0.138 e. The van der Waals surface area contributed by atoms with E-state index >= 15 is 0 Å². The van der Waals surface area contributed by atoms with Gasteiger partial charge in [-0.15, -0.1) is 11.3 Å². The van der Waals surface area contributed by atoms with Gasteiger partial charge >= 0.3 is 0 Å². The molecule has 2 aromatic heterocycles. The van der Waals surface area contributed by atoms with Gasteiger partial charge in [0.05, 0.1) is 5.39 Å². The Kier molecular flexibility index (Phi) is 4.10. The number of nitrogens with one attached hydrogen (secondary N) is 1. The van der Waals surface area contributed by atoms with Crippen LogP contribution < -0.4 is 5.32 Å². The van der Waals surface area contributed by atoms with Crippen molar-refractivity contribution in [3.8, 4) is 0 Å². The van der Waals surface area contributed by atoms with E-state index in [2.05, 4.69) is 33.7 Å². The average molecular weight is 235 g/mol. The number of aromatic nitrogens is 2. The highest BCUT2D eigenvalue weighted by atomic mass is 32.1. The van der Waals surface area contributed by atoms with Crippen LogP contribution in [-0.4, -0.2) is 16.5 Å². The minimum atomic E-state index is 0.975. The van der Waals surface area contributed by atoms with Gasteiger partial charge in [-0.3, -0.25) is 0 Å². The predicted molar refractivity (Wildman–Crippen MR) is 70.0 cm³/mol. The Labute approximate surface area is 99.9 Å². The molecule has 3 nitrogen and oxygen atoms in total. The molecule has 2 aromatic rings. The number of hydrogen-bond acceptors (Lipinski definition) is 4. The van der Waals surface area contributed by atoms with E-state index < -0.39 is 0 Å². The van der Waals surface area contributed by atoms with E-state index in [0.29, 0.717) is 0 Å². The zero-order valence-corrected chi connectivity index (χ0v) is 10.4. The first kappa shape index (κ1) is 11.3. The normalized spacial score (nSPS) is 10.8. The van der Waals surface area contributed by atoms with Crippen LogP contribution in [0.25, 0.3) is 10.2 Å². The summed E-state index contributed by atoms with van der Waals surface area (Å²) in [4.78, 5) is 9.57. The SMILES string of the molecule is CCCCCCNc1ncnc2sccc12. The topological polar surface area (TPSA) is 37.8 Å². The van der Waals surface area contributed by atoms with Crippen LogP contribution >= 0.6 is 11.3 Å². The number of nitrogens with zero attached hydrogens (tertiary/aromatic N) is 2. The van der Waals surface area contributed by atoms with Gasteiger partial charge in [0.2, 0.25) is 0 Å². The molecule has 86 valence electrons. The zero-order valence-electron chi connectivity index (χ0n) is 9.57. The molecule has 0 bridgehead atoms. The molecule has 16 heavy (non-hydrogen) atoms. The van der Waals surface area contributed by atoms with Gasteiger partial charge in [-0.1, -0.05) is 26.2 Å². The molecular weight excluding hydrogens is 218 g/mol. The van der Waals surface area contributed by atoms with E-state index in [1.807, 2.05) is 0 Å². The molecular formula is C12H17N3S. The summed E-state index contributed by atoms with van der Waals surface area (Å²) in [5, 5.41) is 6.59. The summed E-state index contributed by atoms with van der Waals surface area (Å²) >= 11 is 1.66. The average Bonchev–Trinajstić information content (AvgIpc) is 2.77. The summed E-state index contributed by atoms with van der Waals surface area (Å²) in [7, 11) is 0. The number of anilines is 1. The highest BCUT2D eigenvalue weighted by Gasteiger charge is 2.02. The fraction of sp³-hybridized carbons (Fsp3) is 0.500. The zero-order chi connectivity index (χ0) is 11.2. The Morgan fingerprint density at radius 1 is 1.25 bits per heavy atom. The minimum Gasteiger partial charge on any atom is -0.369 e. The summed E-state index contributed by atoms with van der Waals surface area (Å²) in [5.41, 5.74) is 0. The summed E-state index contributed by atoms with van der Waals surface area (Å²) in [6.45, 7) is 3.23. The third-order valence-corrected chi connectivity index (χ3v) is 3.41. The lowest BCUT2D eigenvalue weighted by Crippen LogP contribution is -2.03. The van der Waals surface area contributed by atoms with Crippen molar-refractivity contribution in [3.05, 3.63) is 17.8 Å². The Morgan fingerprint density at radius 2 is 2.19 bits per heavy atom. The first-order valence-corrected chi connectivity index (χ1v) is 6.72. The van der Waals surface area contributed by atoms with Gasteiger partial charge in [0.1, 0.15) is 17.0 Å². The Morgan fingerprint density at radius 3 is 3.06 bits per heavy atom. The van der Waals surface area contributed by atoms with Crippen molar-refractivity contribution >= 4 is 27.4 Å². The van der Waals surface area contributed by atoms with Crippen molar-refractivity contribution in [2.24, 2.45) is 0 Å². The molecule has 0 saturated carbocycles. The second-order valence-corrected chi connectivity index (χ2v) is 4.74. The van der Waals surface area contributed by atoms with Crippen molar-refractivity contribution in [1.82, 2.24) is 9.97 Å². The third-order valence-electron chi connectivity index (χ3n) is 2.58. The highest BCUT2D eigenvalue weighted by molar-refractivity contribution is 7.16. The Balaban J connectivity index is 1.91. The van der Waals surface area contributed by atoms with Crippen LogP contribution in [0.4, 0.5) is 5.82 Å². The largest absolute Gasteiger partial charge is 0.369 e. The van der Waals surface area contributed by atoms with E-state index in [9.17, 15) is 0 Å². The fourth-order valence-electron chi connectivity index (χ4n) is 1.69. The summed E-state index contributed by atoms with van der Waals surface area (Å²) in [6, 6.07) is 2.08. The molecule has 0 aliphatic carbocycles. The van der Waals surface area contributed by atoms with Crippen molar-refractivity contribution in [3.63, 3.8) is 0 Å². The van der Waals surface area contributed by atoms with E-state index in [0.717, 1.165) is 22.6 Å². The minimum absolute atomic E-state index is 0.975. The molecule has 0 aliphatic rings. The first-order chi connectivity index (χ1) is 7.92. The summed E-state index contributed by atoms with van der Waals surface area (Å²) < 4.78 is 0. The molecule has 2 rings (SSSR count). The Bertz CT molecular complexity index is 439. The molecule has 4 heteroatoms. The van der Waals surface area contributed by atoms with Crippen LogP contribution in [0.5, 0.6) is 0 Å². The number of hydrogen-bond donors (Lipinski definition) is 1. The summed E-state index contributed by atoms with van der Waals surface area (Å²) in [6.07, 6.45) is 6.74. The van der Waals surface area contributed by atoms with Crippen molar-refractivity contribution in [1.29, 1.82) is 0 Å². The predicted octanol–water partition coefficient (Wildman–Crippen LogP) is 3.68. The standard InChI is InChI=1S/C12H17N3S/c1-2-3-4-5-7-13-11-10-6-8-16-12(10)15-9-14-11/h6,8-9H,2-5,7H2,1H3,(H,13,14,15). The maximum atomic E-state index is 4.28. The van der Waals surface area contributed by atoms with Crippen LogP contribution in [0.3, 0.4) is 0 Å². The highest BCUT2D eigenvalue weighted by Crippen LogP contribution is 2.23. The van der Waals surface area contributed by atoms with Gasteiger partial charge in [0.15, 0.2) is 0 Å². The molecule has 0 spiro atoms. The molecule has 2 heterocycles. The lowest BCUT2D eigenvalue weighted by Gasteiger charge is -2.05. The van der Waals surface area contributed by atoms with Gasteiger partial charge in [-0.2, -0.15) is 0 Å². The number of rotatable bonds is 6. The van der Waals surface area contributed by atoms with Crippen LogP contribution in [0.2, 0.25) is 0 Å². The van der Waals surface area contributed by atoms with Crippen LogP contribution in [0.1, 0.15) is 32.6 Å². The second kappa shape index (κ2) is 5.80. The molecule has 0 radical (unpaired) electrons. The van der Waals surface area contributed by atoms with Crippen LogP contribution in [-0.2, 0) is 0 Å². The van der Waals surface area contributed by atoms with Gasteiger partial charge < -0.3 is 5.32 Å². The van der Waals surface area contributed by atoms with Crippen LogP contribution in [0, 0.1) is 0 Å². The van der Waals surface area contributed by atoms with E-state index in [1.54, 1.807) is 17.7 Å². The lowest BCUT2D eigenvalue weighted by molar-refractivity contribution is 0.684. The van der Waals surface area contributed by atoms with Crippen molar-refractivity contribution in [2.75, 3.05) is 11.9 Å².